The number of piperidine rings is 1. The Bertz CT molecular complexity index is 455. The number of aromatic nitrogens is 2. The molecule has 0 amide bonds. The van der Waals surface area contributed by atoms with Crippen LogP contribution in [0, 0.1) is 0 Å². The molecule has 1 atom stereocenters. The van der Waals surface area contributed by atoms with Crippen molar-refractivity contribution in [1.82, 2.24) is 15.1 Å². The van der Waals surface area contributed by atoms with E-state index in [2.05, 4.69) is 44.9 Å². The highest BCUT2D eigenvalue weighted by molar-refractivity contribution is 7.13. The van der Waals surface area contributed by atoms with Crippen molar-refractivity contribution >= 4 is 11.3 Å². The third kappa shape index (κ3) is 2.58. The van der Waals surface area contributed by atoms with Gasteiger partial charge in [-0.3, -0.25) is 4.68 Å². The monoisotopic (exact) mass is 247 g/mol. The SMILES string of the molecule is c1csc(-c2ccn(C[C@H]3CCCCN3)n2)c1. The molecule has 17 heavy (non-hydrogen) atoms. The Morgan fingerprint density at radius 1 is 1.41 bits per heavy atom. The molecule has 4 heteroatoms. The minimum Gasteiger partial charge on any atom is -0.312 e. The van der Waals surface area contributed by atoms with E-state index >= 15 is 0 Å². The van der Waals surface area contributed by atoms with Crippen molar-refractivity contribution < 1.29 is 0 Å². The van der Waals surface area contributed by atoms with Gasteiger partial charge in [-0.25, -0.2) is 0 Å². The standard InChI is InChI=1S/C13H17N3S/c1-2-7-14-11(4-1)10-16-8-6-12(15-16)13-5-3-9-17-13/h3,5-6,8-9,11,14H,1-2,4,7,10H2/t11-/m1/s1. The van der Waals surface area contributed by atoms with Gasteiger partial charge in [-0.05, 0) is 36.9 Å². The quantitative estimate of drug-likeness (QED) is 0.904. The van der Waals surface area contributed by atoms with Gasteiger partial charge in [0.15, 0.2) is 0 Å². The molecule has 1 aliphatic rings. The summed E-state index contributed by atoms with van der Waals surface area (Å²) in [6.45, 7) is 2.15. The predicted molar refractivity (Wildman–Crippen MR) is 71.2 cm³/mol. The molecule has 0 saturated carbocycles. The maximum atomic E-state index is 4.63. The first-order valence-corrected chi connectivity index (χ1v) is 7.10. The third-order valence-electron chi connectivity index (χ3n) is 3.23. The molecule has 0 bridgehead atoms. The van der Waals surface area contributed by atoms with E-state index in [1.165, 1.54) is 24.1 Å². The summed E-state index contributed by atoms with van der Waals surface area (Å²) in [5, 5.41) is 10.3. The summed E-state index contributed by atoms with van der Waals surface area (Å²) in [6.07, 6.45) is 6.02. The Hall–Kier alpha value is -1.13. The zero-order valence-corrected chi connectivity index (χ0v) is 10.6. The Balaban J connectivity index is 1.68. The van der Waals surface area contributed by atoms with Crippen LogP contribution in [0.3, 0.4) is 0 Å². The van der Waals surface area contributed by atoms with Crippen LogP contribution in [0.15, 0.2) is 29.8 Å². The molecule has 1 fully saturated rings. The average molecular weight is 247 g/mol. The Morgan fingerprint density at radius 2 is 2.41 bits per heavy atom. The molecule has 0 unspecified atom stereocenters. The van der Waals surface area contributed by atoms with Crippen molar-refractivity contribution in [2.45, 2.75) is 31.8 Å². The Kier molecular flexibility index (Phi) is 3.25. The molecule has 0 aromatic carbocycles. The van der Waals surface area contributed by atoms with Crippen molar-refractivity contribution in [2.24, 2.45) is 0 Å². The van der Waals surface area contributed by atoms with Crippen LogP contribution < -0.4 is 5.32 Å². The van der Waals surface area contributed by atoms with Gasteiger partial charge in [-0.2, -0.15) is 5.10 Å². The molecule has 1 aliphatic heterocycles. The Morgan fingerprint density at radius 3 is 3.18 bits per heavy atom. The molecular formula is C13H17N3S. The van der Waals surface area contributed by atoms with Gasteiger partial charge in [-0.1, -0.05) is 12.5 Å². The first-order chi connectivity index (χ1) is 8.42. The lowest BCUT2D eigenvalue weighted by molar-refractivity contribution is 0.351. The normalized spacial score (nSPS) is 20.6. The minimum atomic E-state index is 0.597. The smallest absolute Gasteiger partial charge is 0.102 e. The maximum Gasteiger partial charge on any atom is 0.102 e. The van der Waals surface area contributed by atoms with Crippen molar-refractivity contribution in [1.29, 1.82) is 0 Å². The molecule has 3 heterocycles. The molecule has 2 aromatic heterocycles. The topological polar surface area (TPSA) is 29.9 Å². The number of rotatable bonds is 3. The van der Waals surface area contributed by atoms with E-state index in [1.54, 1.807) is 11.3 Å². The van der Waals surface area contributed by atoms with E-state index in [0.29, 0.717) is 6.04 Å². The summed E-state index contributed by atoms with van der Waals surface area (Å²) in [6, 6.07) is 6.90. The third-order valence-corrected chi connectivity index (χ3v) is 4.13. The van der Waals surface area contributed by atoms with Crippen molar-refractivity contribution in [3.8, 4) is 10.6 Å². The average Bonchev–Trinajstić information content (AvgIpc) is 3.00. The highest BCUT2D eigenvalue weighted by atomic mass is 32.1. The van der Waals surface area contributed by atoms with Gasteiger partial charge >= 0.3 is 0 Å². The van der Waals surface area contributed by atoms with Gasteiger partial charge in [0.1, 0.15) is 5.69 Å². The zero-order chi connectivity index (χ0) is 11.5. The van der Waals surface area contributed by atoms with Gasteiger partial charge in [0, 0.05) is 12.2 Å². The summed E-state index contributed by atoms with van der Waals surface area (Å²) < 4.78 is 2.07. The van der Waals surface area contributed by atoms with Crippen molar-refractivity contribution in [2.75, 3.05) is 6.54 Å². The molecule has 1 N–H and O–H groups in total. The summed E-state index contributed by atoms with van der Waals surface area (Å²) in [4.78, 5) is 1.25. The summed E-state index contributed by atoms with van der Waals surface area (Å²) >= 11 is 1.74. The van der Waals surface area contributed by atoms with Crippen LogP contribution in [-0.2, 0) is 6.54 Å². The zero-order valence-electron chi connectivity index (χ0n) is 9.80. The number of nitrogens with zero attached hydrogens (tertiary/aromatic N) is 2. The van der Waals surface area contributed by atoms with Gasteiger partial charge in [0.05, 0.1) is 11.4 Å². The lowest BCUT2D eigenvalue weighted by Crippen LogP contribution is -2.37. The van der Waals surface area contributed by atoms with Crippen LogP contribution in [0.1, 0.15) is 19.3 Å². The van der Waals surface area contributed by atoms with Gasteiger partial charge in [-0.15, -0.1) is 11.3 Å². The predicted octanol–water partition coefficient (Wildman–Crippen LogP) is 2.75. The lowest BCUT2D eigenvalue weighted by Gasteiger charge is -2.23. The van der Waals surface area contributed by atoms with Crippen LogP contribution in [0.5, 0.6) is 0 Å². The molecule has 90 valence electrons. The molecule has 0 aliphatic carbocycles. The molecule has 3 nitrogen and oxygen atoms in total. The van der Waals surface area contributed by atoms with E-state index in [4.69, 9.17) is 0 Å². The van der Waals surface area contributed by atoms with E-state index in [0.717, 1.165) is 18.8 Å². The van der Waals surface area contributed by atoms with Gasteiger partial charge < -0.3 is 5.32 Å². The van der Waals surface area contributed by atoms with Crippen LogP contribution in [0.2, 0.25) is 0 Å². The lowest BCUT2D eigenvalue weighted by atomic mass is 10.1. The van der Waals surface area contributed by atoms with Gasteiger partial charge in [0.2, 0.25) is 0 Å². The first kappa shape index (κ1) is 11.0. The van der Waals surface area contributed by atoms with Crippen molar-refractivity contribution in [3.05, 3.63) is 29.8 Å². The number of hydrogen-bond acceptors (Lipinski definition) is 3. The second-order valence-electron chi connectivity index (χ2n) is 4.55. The second kappa shape index (κ2) is 5.02. The summed E-state index contributed by atoms with van der Waals surface area (Å²) in [5.74, 6) is 0. The molecule has 0 spiro atoms. The second-order valence-corrected chi connectivity index (χ2v) is 5.49. The molecule has 1 saturated heterocycles. The Labute approximate surface area is 105 Å². The molecule has 0 radical (unpaired) electrons. The summed E-state index contributed by atoms with van der Waals surface area (Å²) in [7, 11) is 0. The fraction of sp³-hybridized carbons (Fsp3) is 0.462. The summed E-state index contributed by atoms with van der Waals surface area (Å²) in [5.41, 5.74) is 1.09. The number of thiophene rings is 1. The molecule has 2 aromatic rings. The first-order valence-electron chi connectivity index (χ1n) is 6.22. The van der Waals surface area contributed by atoms with Crippen LogP contribution >= 0.6 is 11.3 Å². The van der Waals surface area contributed by atoms with E-state index in [-0.39, 0.29) is 0 Å². The van der Waals surface area contributed by atoms with Crippen LogP contribution in [0.25, 0.3) is 10.6 Å². The van der Waals surface area contributed by atoms with Crippen LogP contribution in [-0.4, -0.2) is 22.4 Å². The van der Waals surface area contributed by atoms with E-state index in [1.807, 2.05) is 0 Å². The molecular weight excluding hydrogens is 230 g/mol. The van der Waals surface area contributed by atoms with E-state index in [9.17, 15) is 0 Å². The van der Waals surface area contributed by atoms with E-state index < -0.39 is 0 Å². The van der Waals surface area contributed by atoms with Crippen LogP contribution in [0.4, 0.5) is 0 Å². The van der Waals surface area contributed by atoms with Gasteiger partial charge in [0.25, 0.3) is 0 Å². The highest BCUT2D eigenvalue weighted by Crippen LogP contribution is 2.22. The minimum absolute atomic E-state index is 0.597. The van der Waals surface area contributed by atoms with Crippen molar-refractivity contribution in [3.63, 3.8) is 0 Å². The fourth-order valence-electron chi connectivity index (χ4n) is 2.32. The largest absolute Gasteiger partial charge is 0.312 e. The number of hydrogen-bond donors (Lipinski definition) is 1. The maximum absolute atomic E-state index is 4.63. The number of nitrogens with one attached hydrogen (secondary N) is 1. The highest BCUT2D eigenvalue weighted by Gasteiger charge is 2.13. The fourth-order valence-corrected chi connectivity index (χ4v) is 3.02. The molecule has 3 rings (SSSR count).